The molecule has 0 aliphatic carbocycles. The normalized spacial score (nSPS) is 12.8. The van der Waals surface area contributed by atoms with Crippen LogP contribution in [0, 0.1) is 12.3 Å². The minimum absolute atomic E-state index is 0.210. The Labute approximate surface area is 228 Å². The molecule has 3 atom stereocenters. The molecule has 0 aliphatic rings. The lowest BCUT2D eigenvalue weighted by molar-refractivity contribution is -0.132. The van der Waals surface area contributed by atoms with Crippen LogP contribution in [0.4, 0.5) is 4.79 Å². The van der Waals surface area contributed by atoms with Crippen LogP contribution >= 0.6 is 0 Å². The van der Waals surface area contributed by atoms with E-state index in [1.165, 1.54) is 21.1 Å². The molecule has 0 aromatic heterocycles. The fourth-order valence-electron chi connectivity index (χ4n) is 3.40. The highest BCUT2D eigenvalue weighted by Crippen LogP contribution is 2.23. The van der Waals surface area contributed by atoms with E-state index < -0.39 is 47.5 Å². The maximum atomic E-state index is 13.0. The zero-order valence-electron chi connectivity index (χ0n) is 23.2. The van der Waals surface area contributed by atoms with Gasteiger partial charge in [-0.15, -0.1) is 6.42 Å². The lowest BCUT2D eigenvalue weighted by atomic mass is 10.0. The summed E-state index contributed by atoms with van der Waals surface area (Å²) in [6, 6.07) is 1.56. The molecule has 0 fully saturated rings. The number of benzene rings is 1. The summed E-state index contributed by atoms with van der Waals surface area (Å²) in [4.78, 5) is 53.6. The first-order chi connectivity index (χ1) is 18.4. The third-order valence-electron chi connectivity index (χ3n) is 5.33. The molecule has 4 N–H and O–H groups in total. The lowest BCUT2D eigenvalue weighted by Gasteiger charge is -2.25. The van der Waals surface area contributed by atoms with E-state index in [0.29, 0.717) is 29.7 Å². The smallest absolute Gasteiger partial charge is 0.408 e. The van der Waals surface area contributed by atoms with Crippen LogP contribution in [0.3, 0.4) is 0 Å². The van der Waals surface area contributed by atoms with Crippen molar-refractivity contribution in [1.29, 1.82) is 0 Å². The molecule has 0 bridgehead atoms. The van der Waals surface area contributed by atoms with Crippen LogP contribution in [0.25, 0.3) is 10.4 Å². The molecule has 4 amide bonds. The Balaban J connectivity index is 3.01. The van der Waals surface area contributed by atoms with E-state index in [1.54, 1.807) is 39.0 Å². The SMILES string of the molecule is C#Cc1cc([C@H](NC(=O)[C@@H](C)NC(=O)[C@H](CCCCN=[N+]=[N-])NC(=O)OC(C)(C)C)C(=O)NC)ccc1OC. The van der Waals surface area contributed by atoms with Crippen molar-refractivity contribution in [2.75, 3.05) is 20.7 Å². The molecule has 13 nitrogen and oxygen atoms in total. The second-order valence-electron chi connectivity index (χ2n) is 9.54. The largest absolute Gasteiger partial charge is 0.495 e. The number of nitrogens with one attached hydrogen (secondary N) is 4. The maximum absolute atomic E-state index is 13.0. The number of methoxy groups -OCH3 is 1. The van der Waals surface area contributed by atoms with Crippen molar-refractivity contribution >= 4 is 23.8 Å². The summed E-state index contributed by atoms with van der Waals surface area (Å²) in [6.45, 7) is 6.75. The molecule has 0 saturated heterocycles. The number of terminal acetylenes is 1. The fourth-order valence-corrected chi connectivity index (χ4v) is 3.40. The average molecular weight is 544 g/mol. The van der Waals surface area contributed by atoms with Crippen LogP contribution in [0.2, 0.25) is 0 Å². The summed E-state index contributed by atoms with van der Waals surface area (Å²) >= 11 is 0. The van der Waals surface area contributed by atoms with Crippen molar-refractivity contribution in [3.63, 3.8) is 0 Å². The van der Waals surface area contributed by atoms with Crippen LogP contribution in [-0.2, 0) is 19.1 Å². The number of carbonyl (C=O) groups is 4. The lowest BCUT2D eigenvalue weighted by Crippen LogP contribution is -2.54. The van der Waals surface area contributed by atoms with Crippen molar-refractivity contribution in [3.8, 4) is 18.1 Å². The molecule has 13 heteroatoms. The highest BCUT2D eigenvalue weighted by atomic mass is 16.6. The molecule has 0 radical (unpaired) electrons. The van der Waals surface area contributed by atoms with E-state index in [1.807, 2.05) is 0 Å². The number of nitrogens with zero attached hydrogens (tertiary/aromatic N) is 3. The van der Waals surface area contributed by atoms with Crippen molar-refractivity contribution in [2.45, 2.75) is 70.7 Å². The zero-order valence-corrected chi connectivity index (χ0v) is 23.2. The molecular weight excluding hydrogens is 506 g/mol. The number of hydrogen-bond acceptors (Lipinski definition) is 7. The quantitative estimate of drug-likeness (QED) is 0.0973. The minimum atomic E-state index is -1.10. The molecule has 1 aromatic rings. The Bertz CT molecular complexity index is 1120. The van der Waals surface area contributed by atoms with Crippen molar-refractivity contribution in [1.82, 2.24) is 21.3 Å². The average Bonchev–Trinajstić information content (AvgIpc) is 2.88. The predicted molar refractivity (Wildman–Crippen MR) is 145 cm³/mol. The van der Waals surface area contributed by atoms with Crippen LogP contribution in [0.5, 0.6) is 5.75 Å². The number of azide groups is 1. The summed E-state index contributed by atoms with van der Waals surface area (Å²) in [5.74, 6) is 1.15. The van der Waals surface area contributed by atoms with Gasteiger partial charge in [0.2, 0.25) is 17.7 Å². The van der Waals surface area contributed by atoms with Gasteiger partial charge < -0.3 is 30.7 Å². The second kappa shape index (κ2) is 15.7. The predicted octanol–water partition coefficient (Wildman–Crippen LogP) is 2.46. The summed E-state index contributed by atoms with van der Waals surface area (Å²) in [6.07, 6.45) is 5.91. The van der Waals surface area contributed by atoms with Crippen LogP contribution < -0.4 is 26.0 Å². The van der Waals surface area contributed by atoms with Gasteiger partial charge in [0.15, 0.2) is 0 Å². The monoisotopic (exact) mass is 543 g/mol. The molecule has 1 aromatic carbocycles. The maximum Gasteiger partial charge on any atom is 0.408 e. The highest BCUT2D eigenvalue weighted by Gasteiger charge is 2.29. The molecule has 0 spiro atoms. The molecule has 39 heavy (non-hydrogen) atoms. The molecule has 212 valence electrons. The van der Waals surface area contributed by atoms with Gasteiger partial charge in [0.05, 0.1) is 12.7 Å². The van der Waals surface area contributed by atoms with Gasteiger partial charge in [-0.05, 0) is 63.8 Å². The van der Waals surface area contributed by atoms with E-state index >= 15 is 0 Å². The van der Waals surface area contributed by atoms with E-state index in [9.17, 15) is 19.2 Å². The Morgan fingerprint density at radius 2 is 1.79 bits per heavy atom. The van der Waals surface area contributed by atoms with Crippen molar-refractivity contribution < 1.29 is 28.7 Å². The van der Waals surface area contributed by atoms with Gasteiger partial charge in [0, 0.05) is 18.5 Å². The van der Waals surface area contributed by atoms with Crippen LogP contribution in [-0.4, -0.2) is 62.2 Å². The highest BCUT2D eigenvalue weighted by molar-refractivity contribution is 5.94. The molecule has 0 heterocycles. The fraction of sp³-hybridized carbons (Fsp3) is 0.538. The molecule has 0 saturated carbocycles. The van der Waals surface area contributed by atoms with Gasteiger partial charge in [-0.1, -0.05) is 23.5 Å². The van der Waals surface area contributed by atoms with E-state index in [2.05, 4.69) is 37.2 Å². The Kier molecular flexibility index (Phi) is 13.2. The van der Waals surface area contributed by atoms with Gasteiger partial charge >= 0.3 is 6.09 Å². The number of hydrogen-bond donors (Lipinski definition) is 4. The number of ether oxygens (including phenoxy) is 2. The first-order valence-corrected chi connectivity index (χ1v) is 12.3. The van der Waals surface area contributed by atoms with Crippen LogP contribution in [0.1, 0.15) is 64.1 Å². The Hall–Kier alpha value is -4.43. The van der Waals surface area contributed by atoms with Crippen molar-refractivity contribution in [3.05, 3.63) is 39.8 Å². The van der Waals surface area contributed by atoms with E-state index in [4.69, 9.17) is 21.4 Å². The van der Waals surface area contributed by atoms with E-state index in [-0.39, 0.29) is 13.0 Å². The Morgan fingerprint density at radius 3 is 2.36 bits per heavy atom. The van der Waals surface area contributed by atoms with Gasteiger partial charge in [-0.2, -0.15) is 0 Å². The van der Waals surface area contributed by atoms with Crippen LogP contribution in [0.15, 0.2) is 23.3 Å². The van der Waals surface area contributed by atoms with E-state index in [0.717, 1.165) is 0 Å². The second-order valence-corrected chi connectivity index (χ2v) is 9.54. The first kappa shape index (κ1) is 32.6. The minimum Gasteiger partial charge on any atom is -0.495 e. The summed E-state index contributed by atoms with van der Waals surface area (Å²) in [7, 11) is 2.89. The molecule has 1 rings (SSSR count). The number of rotatable bonds is 13. The molecule has 0 unspecified atom stereocenters. The van der Waals surface area contributed by atoms with Gasteiger partial charge in [0.25, 0.3) is 0 Å². The third-order valence-corrected chi connectivity index (χ3v) is 5.33. The number of likely N-dealkylation sites (N-methyl/N-ethyl adjacent to an activating group) is 1. The Morgan fingerprint density at radius 1 is 1.10 bits per heavy atom. The van der Waals surface area contributed by atoms with Gasteiger partial charge in [-0.3, -0.25) is 14.4 Å². The number of unbranched alkanes of at least 4 members (excludes halogenated alkanes) is 1. The number of carbonyl (C=O) groups excluding carboxylic acids is 4. The number of alkyl carbamates (subject to hydrolysis) is 1. The summed E-state index contributed by atoms with van der Waals surface area (Å²) in [5, 5.41) is 13.7. The number of amides is 4. The van der Waals surface area contributed by atoms with Gasteiger partial charge in [-0.25, -0.2) is 4.79 Å². The van der Waals surface area contributed by atoms with Crippen molar-refractivity contribution in [2.24, 2.45) is 5.11 Å². The topological polar surface area (TPSA) is 184 Å². The van der Waals surface area contributed by atoms with Gasteiger partial charge in [0.1, 0.15) is 29.5 Å². The standard InChI is InChI=1S/C26H37N7O6/c1-8-17-15-18(12-13-20(17)38-7)21(24(36)28-6)32-22(34)16(2)30-23(35)19(11-9-10-14-29-33-27)31-25(37)39-26(3,4)5/h1,12-13,15-16,19,21H,9-11,14H2,2-7H3,(H,28,36)(H,30,35)(H,31,37)(H,32,34)/t16-,19+,21+/m1/s1. The summed E-state index contributed by atoms with van der Waals surface area (Å²) in [5.41, 5.74) is 8.45. The zero-order chi connectivity index (χ0) is 29.6. The molecular formula is C26H37N7O6. The third kappa shape index (κ3) is 11.2. The molecule has 0 aliphatic heterocycles. The first-order valence-electron chi connectivity index (χ1n) is 12.3. The summed E-state index contributed by atoms with van der Waals surface area (Å²) < 4.78 is 10.5.